The fourth-order valence-corrected chi connectivity index (χ4v) is 7.80. The third kappa shape index (κ3) is 7.09. The zero-order valence-corrected chi connectivity index (χ0v) is 26.3. The second-order valence-corrected chi connectivity index (χ2v) is 13.5. The normalized spacial score (nSPS) is 11.9. The van der Waals surface area contributed by atoms with Gasteiger partial charge < -0.3 is 4.57 Å². The van der Waals surface area contributed by atoms with Crippen molar-refractivity contribution in [3.8, 4) is 20.9 Å². The van der Waals surface area contributed by atoms with Crippen molar-refractivity contribution in [3.63, 3.8) is 0 Å². The average molecular weight is 570 g/mol. The average Bonchev–Trinajstić information content (AvgIpc) is 3.76. The maximum absolute atomic E-state index is 2.77. The van der Waals surface area contributed by atoms with Gasteiger partial charge in [-0.05, 0) is 59.0 Å². The van der Waals surface area contributed by atoms with E-state index in [1.54, 1.807) is 0 Å². The number of hydrogen-bond donors (Lipinski definition) is 0. The zero-order valence-electron chi connectivity index (χ0n) is 24.7. The molecule has 40 heavy (non-hydrogen) atoms. The lowest BCUT2D eigenvalue weighted by Crippen LogP contribution is -2.09. The molecule has 0 bridgehead atoms. The van der Waals surface area contributed by atoms with E-state index in [-0.39, 0.29) is 0 Å². The van der Waals surface area contributed by atoms with Gasteiger partial charge in [0.05, 0.1) is 11.0 Å². The van der Waals surface area contributed by atoms with Crippen LogP contribution >= 0.6 is 22.7 Å². The van der Waals surface area contributed by atoms with Gasteiger partial charge in [0.1, 0.15) is 0 Å². The Balaban J connectivity index is 1.53. The number of aromatic nitrogens is 1. The summed E-state index contributed by atoms with van der Waals surface area (Å²) in [5.41, 5.74) is 5.54. The molecule has 0 amide bonds. The van der Waals surface area contributed by atoms with Gasteiger partial charge in [-0.2, -0.15) is 0 Å². The minimum Gasteiger partial charge on any atom is -0.337 e. The first-order chi connectivity index (χ1) is 19.8. The number of hydrogen-bond acceptors (Lipinski definition) is 2. The number of benzene rings is 2. The molecule has 3 heterocycles. The van der Waals surface area contributed by atoms with Crippen molar-refractivity contribution in [3.05, 3.63) is 71.4 Å². The van der Waals surface area contributed by atoms with E-state index in [1.807, 2.05) is 22.7 Å². The molecule has 0 saturated heterocycles. The van der Waals surface area contributed by atoms with Crippen LogP contribution in [-0.4, -0.2) is 4.57 Å². The first-order valence-corrected chi connectivity index (χ1v) is 17.7. The van der Waals surface area contributed by atoms with Gasteiger partial charge in [-0.3, -0.25) is 0 Å². The molecule has 1 nitrogen and oxygen atoms in total. The molecule has 0 unspecified atom stereocenters. The molecule has 0 N–H and O–H groups in total. The van der Waals surface area contributed by atoms with E-state index in [4.69, 9.17) is 0 Å². The van der Waals surface area contributed by atoms with Crippen molar-refractivity contribution in [2.24, 2.45) is 0 Å². The van der Waals surface area contributed by atoms with Crippen LogP contribution in [-0.2, 0) is 0 Å². The summed E-state index contributed by atoms with van der Waals surface area (Å²) < 4.78 is 2.77. The molecule has 0 spiro atoms. The second-order valence-electron chi connectivity index (χ2n) is 11.6. The van der Waals surface area contributed by atoms with E-state index in [0.717, 1.165) is 0 Å². The van der Waals surface area contributed by atoms with Crippen molar-refractivity contribution in [2.75, 3.05) is 0 Å². The number of rotatable bonds is 17. The summed E-state index contributed by atoms with van der Waals surface area (Å²) >= 11 is 3.69. The van der Waals surface area contributed by atoms with Gasteiger partial charge >= 0.3 is 0 Å². The highest BCUT2D eigenvalue weighted by atomic mass is 32.1. The molecule has 0 aliphatic rings. The lowest BCUT2D eigenvalue weighted by molar-refractivity contribution is 0.410. The quantitative estimate of drug-likeness (QED) is 0.0981. The molecule has 0 radical (unpaired) electrons. The first kappa shape index (κ1) is 29.1. The van der Waals surface area contributed by atoms with Crippen LogP contribution in [0.1, 0.15) is 110 Å². The lowest BCUT2D eigenvalue weighted by atomic mass is 9.99. The maximum atomic E-state index is 2.77. The van der Waals surface area contributed by atoms with Crippen LogP contribution in [0.15, 0.2) is 71.4 Å². The molecule has 5 aromatic rings. The van der Waals surface area contributed by atoms with Crippen LogP contribution in [0.3, 0.4) is 0 Å². The highest BCUT2D eigenvalue weighted by molar-refractivity contribution is 7.13. The molecule has 5 rings (SSSR count). The van der Waals surface area contributed by atoms with Crippen molar-refractivity contribution in [1.82, 2.24) is 4.57 Å². The molecular formula is C37H47NS2. The van der Waals surface area contributed by atoms with E-state index in [1.165, 1.54) is 133 Å². The zero-order chi connectivity index (χ0) is 27.6. The Morgan fingerprint density at radius 2 is 1.00 bits per heavy atom. The van der Waals surface area contributed by atoms with Crippen molar-refractivity contribution in [1.29, 1.82) is 0 Å². The summed E-state index contributed by atoms with van der Waals surface area (Å²) in [6.07, 6.45) is 18.9. The Labute approximate surface area is 250 Å². The highest BCUT2D eigenvalue weighted by Crippen LogP contribution is 2.40. The predicted molar refractivity (Wildman–Crippen MR) is 181 cm³/mol. The fourth-order valence-electron chi connectivity index (χ4n) is 6.36. The first-order valence-electron chi connectivity index (χ1n) is 16.0. The maximum Gasteiger partial charge on any atom is 0.0500 e. The van der Waals surface area contributed by atoms with Gasteiger partial charge in [0.15, 0.2) is 0 Å². The SMILES string of the molecule is CCCCCCCCC(CCCCCCCC)n1c2cc(-c3cccs3)ccc2c2ccc(-c3cccs3)cc21. The van der Waals surface area contributed by atoms with Gasteiger partial charge in [-0.1, -0.05) is 127 Å². The van der Waals surface area contributed by atoms with Crippen molar-refractivity contribution >= 4 is 44.5 Å². The molecule has 0 aliphatic heterocycles. The smallest absolute Gasteiger partial charge is 0.0500 e. The predicted octanol–water partition coefficient (Wildman–Crippen LogP) is 13.3. The Morgan fingerprint density at radius 1 is 0.550 bits per heavy atom. The molecular weight excluding hydrogens is 523 g/mol. The molecule has 0 saturated carbocycles. The van der Waals surface area contributed by atoms with Gasteiger partial charge in [0.25, 0.3) is 0 Å². The van der Waals surface area contributed by atoms with Crippen LogP contribution in [0.5, 0.6) is 0 Å². The summed E-state index contributed by atoms with van der Waals surface area (Å²) in [7, 11) is 0. The van der Waals surface area contributed by atoms with Crippen molar-refractivity contribution < 1.29 is 0 Å². The minimum atomic E-state index is 0.550. The number of unbranched alkanes of at least 4 members (excludes halogenated alkanes) is 10. The minimum absolute atomic E-state index is 0.550. The monoisotopic (exact) mass is 569 g/mol. The molecule has 2 aromatic carbocycles. The summed E-state index contributed by atoms with van der Waals surface area (Å²) in [5.74, 6) is 0. The summed E-state index contributed by atoms with van der Waals surface area (Å²) in [6.45, 7) is 4.63. The molecule has 0 aliphatic carbocycles. The lowest BCUT2D eigenvalue weighted by Gasteiger charge is -2.22. The Hall–Kier alpha value is -2.36. The third-order valence-electron chi connectivity index (χ3n) is 8.56. The second kappa shape index (κ2) is 15.0. The van der Waals surface area contributed by atoms with Crippen LogP contribution < -0.4 is 0 Å². The van der Waals surface area contributed by atoms with E-state index >= 15 is 0 Å². The number of fused-ring (bicyclic) bond motifs is 3. The van der Waals surface area contributed by atoms with E-state index in [2.05, 4.69) is 89.8 Å². The molecule has 212 valence electrons. The molecule has 3 aromatic heterocycles. The van der Waals surface area contributed by atoms with Gasteiger partial charge in [0.2, 0.25) is 0 Å². The van der Waals surface area contributed by atoms with Crippen LogP contribution in [0.25, 0.3) is 42.7 Å². The fraction of sp³-hybridized carbons (Fsp3) is 0.459. The molecule has 0 fully saturated rings. The van der Waals surface area contributed by atoms with E-state index in [0.29, 0.717) is 6.04 Å². The largest absolute Gasteiger partial charge is 0.337 e. The van der Waals surface area contributed by atoms with Gasteiger partial charge in [0, 0.05) is 26.6 Å². The summed E-state index contributed by atoms with van der Waals surface area (Å²) in [5, 5.41) is 7.21. The third-order valence-corrected chi connectivity index (χ3v) is 10.4. The standard InChI is InChI=1S/C37H47NS2/c1-3-5-7-9-11-13-17-31(18-14-12-10-8-6-4-2)38-34-27-29(36-19-15-25-39-36)21-23-32(34)33-24-22-30(28-35(33)38)37-20-16-26-40-37/h15-16,19-28,31H,3-14,17-18H2,1-2H3. The van der Waals surface area contributed by atoms with Crippen LogP contribution in [0, 0.1) is 0 Å². The van der Waals surface area contributed by atoms with E-state index < -0.39 is 0 Å². The molecule has 0 atom stereocenters. The highest BCUT2D eigenvalue weighted by Gasteiger charge is 2.20. The molecule has 3 heteroatoms. The number of nitrogens with zero attached hydrogens (tertiary/aromatic N) is 1. The Kier molecular flexibility index (Phi) is 11.0. The summed E-state index contributed by atoms with van der Waals surface area (Å²) in [6, 6.07) is 23.8. The summed E-state index contributed by atoms with van der Waals surface area (Å²) in [4.78, 5) is 2.72. The van der Waals surface area contributed by atoms with Crippen LogP contribution in [0.4, 0.5) is 0 Å². The number of thiophene rings is 2. The van der Waals surface area contributed by atoms with Crippen molar-refractivity contribution in [2.45, 2.75) is 110 Å². The van der Waals surface area contributed by atoms with E-state index in [9.17, 15) is 0 Å². The topological polar surface area (TPSA) is 4.93 Å². The van der Waals surface area contributed by atoms with Gasteiger partial charge in [-0.15, -0.1) is 22.7 Å². The van der Waals surface area contributed by atoms with Gasteiger partial charge in [-0.25, -0.2) is 0 Å². The Morgan fingerprint density at radius 3 is 1.43 bits per heavy atom. The van der Waals surface area contributed by atoms with Crippen LogP contribution in [0.2, 0.25) is 0 Å². The Bertz CT molecular complexity index is 1320.